The topological polar surface area (TPSA) is 76.1 Å². The van der Waals surface area contributed by atoms with Gasteiger partial charge in [0.25, 0.3) is 0 Å². The van der Waals surface area contributed by atoms with Gasteiger partial charge in [0.05, 0.1) is 6.61 Å². The lowest BCUT2D eigenvalue weighted by atomic mass is 10.2. The van der Waals surface area contributed by atoms with E-state index in [-0.39, 0.29) is 0 Å². The number of carbonyl (C=O) groups is 1. The zero-order valence-corrected chi connectivity index (χ0v) is 16.6. The molecule has 1 aromatic carbocycles. The van der Waals surface area contributed by atoms with Crippen molar-refractivity contribution in [1.29, 1.82) is 0 Å². The number of hydrogen-bond acceptors (Lipinski definition) is 6. The van der Waals surface area contributed by atoms with E-state index in [1.165, 1.54) is 19.0 Å². The largest absolute Gasteiger partial charge is 0.462 e. The lowest BCUT2D eigenvalue weighted by Crippen LogP contribution is -2.20. The number of nitrogens with one attached hydrogen (secondary N) is 2. The number of hydrogen-bond donors (Lipinski definition) is 2. The molecule has 1 heterocycles. The Morgan fingerprint density at radius 3 is 2.81 bits per heavy atom. The van der Waals surface area contributed by atoms with E-state index >= 15 is 0 Å². The normalized spacial score (nSPS) is 14.2. The molecule has 3 rings (SSSR count). The highest BCUT2D eigenvalue weighted by atomic mass is 35.5. The average Bonchev–Trinajstić information content (AvgIpc) is 3.16. The van der Waals surface area contributed by atoms with Gasteiger partial charge in [0.1, 0.15) is 11.4 Å². The van der Waals surface area contributed by atoms with Gasteiger partial charge in [-0.25, -0.2) is 9.78 Å². The van der Waals surface area contributed by atoms with Gasteiger partial charge in [-0.05, 0) is 43.5 Å². The molecule has 144 valence electrons. The first-order valence-corrected chi connectivity index (χ1v) is 9.81. The molecule has 27 heavy (non-hydrogen) atoms. The number of esters is 1. The van der Waals surface area contributed by atoms with E-state index in [2.05, 4.69) is 20.6 Å². The molecule has 0 radical (unpaired) electrons. The summed E-state index contributed by atoms with van der Waals surface area (Å²) < 4.78 is 5.12. The van der Waals surface area contributed by atoms with Crippen molar-refractivity contribution < 1.29 is 9.53 Å². The smallest absolute Gasteiger partial charge is 0.343 e. The van der Waals surface area contributed by atoms with Crippen LogP contribution in [0.1, 0.15) is 48.5 Å². The van der Waals surface area contributed by atoms with Crippen molar-refractivity contribution in [3.8, 4) is 0 Å². The van der Waals surface area contributed by atoms with Crippen LogP contribution >= 0.6 is 23.2 Å². The van der Waals surface area contributed by atoms with Gasteiger partial charge < -0.3 is 15.4 Å². The zero-order chi connectivity index (χ0) is 19.2. The first kappa shape index (κ1) is 19.7. The van der Waals surface area contributed by atoms with E-state index in [1.54, 1.807) is 25.1 Å². The summed E-state index contributed by atoms with van der Waals surface area (Å²) in [6, 6.07) is 5.59. The fraction of sp³-hybridized carbons (Fsp3) is 0.421. The van der Waals surface area contributed by atoms with Crippen LogP contribution in [-0.4, -0.2) is 28.6 Å². The summed E-state index contributed by atoms with van der Waals surface area (Å²) in [5.74, 6) is 0.470. The van der Waals surface area contributed by atoms with Gasteiger partial charge in [0.15, 0.2) is 0 Å². The van der Waals surface area contributed by atoms with Crippen LogP contribution in [0.15, 0.2) is 24.4 Å². The predicted molar refractivity (Wildman–Crippen MR) is 108 cm³/mol. The Morgan fingerprint density at radius 1 is 1.30 bits per heavy atom. The number of aromatic nitrogens is 2. The lowest BCUT2D eigenvalue weighted by molar-refractivity contribution is 0.0526. The van der Waals surface area contributed by atoms with Gasteiger partial charge in [-0.2, -0.15) is 4.98 Å². The minimum atomic E-state index is -0.428. The molecule has 1 fully saturated rings. The number of anilines is 2. The van der Waals surface area contributed by atoms with E-state index < -0.39 is 5.97 Å². The number of benzene rings is 1. The third-order valence-electron chi connectivity index (χ3n) is 4.42. The molecular weight excluding hydrogens is 387 g/mol. The average molecular weight is 409 g/mol. The minimum absolute atomic E-state index is 0.301. The molecule has 0 amide bonds. The summed E-state index contributed by atoms with van der Waals surface area (Å²) in [5.41, 5.74) is 1.18. The second-order valence-electron chi connectivity index (χ2n) is 6.39. The summed E-state index contributed by atoms with van der Waals surface area (Å²) >= 11 is 12.2. The lowest BCUT2D eigenvalue weighted by Gasteiger charge is -2.16. The van der Waals surface area contributed by atoms with Crippen LogP contribution in [0.2, 0.25) is 10.0 Å². The molecule has 0 unspecified atom stereocenters. The second-order valence-corrected chi connectivity index (χ2v) is 7.24. The van der Waals surface area contributed by atoms with Gasteiger partial charge in [0.2, 0.25) is 5.95 Å². The highest BCUT2D eigenvalue weighted by Gasteiger charge is 2.21. The van der Waals surface area contributed by atoms with Crippen molar-refractivity contribution >= 4 is 40.9 Å². The van der Waals surface area contributed by atoms with Crippen LogP contribution in [0.5, 0.6) is 0 Å². The summed E-state index contributed by atoms with van der Waals surface area (Å²) in [4.78, 5) is 21.0. The third kappa shape index (κ3) is 5.23. The van der Waals surface area contributed by atoms with Gasteiger partial charge in [-0.3, -0.25) is 0 Å². The maximum Gasteiger partial charge on any atom is 0.343 e. The summed E-state index contributed by atoms with van der Waals surface area (Å²) in [5, 5.41) is 7.72. The number of carbonyl (C=O) groups excluding carboxylic acids is 1. The molecule has 1 aliphatic carbocycles. The van der Waals surface area contributed by atoms with Crippen LogP contribution in [0.4, 0.5) is 11.8 Å². The Balaban J connectivity index is 1.78. The van der Waals surface area contributed by atoms with E-state index in [0.29, 0.717) is 46.6 Å². The van der Waals surface area contributed by atoms with Crippen LogP contribution < -0.4 is 10.6 Å². The Morgan fingerprint density at radius 2 is 2.07 bits per heavy atom. The van der Waals surface area contributed by atoms with Crippen LogP contribution in [0, 0.1) is 0 Å². The molecule has 0 spiro atoms. The second kappa shape index (κ2) is 9.24. The molecule has 1 aromatic heterocycles. The molecule has 2 aromatic rings. The Hall–Kier alpha value is -2.05. The molecule has 0 saturated heterocycles. The van der Waals surface area contributed by atoms with E-state index in [4.69, 9.17) is 27.9 Å². The Kier molecular flexibility index (Phi) is 6.74. The third-order valence-corrected chi connectivity index (χ3v) is 5.03. The first-order chi connectivity index (χ1) is 13.1. The minimum Gasteiger partial charge on any atom is -0.462 e. The van der Waals surface area contributed by atoms with Crippen molar-refractivity contribution in [2.75, 3.05) is 17.2 Å². The Bertz CT molecular complexity index is 810. The van der Waals surface area contributed by atoms with Crippen LogP contribution in [-0.2, 0) is 11.3 Å². The van der Waals surface area contributed by atoms with Gasteiger partial charge in [-0.1, -0.05) is 36.0 Å². The SMILES string of the molecule is CCOC(=O)c1cnc(NCc2cc(Cl)ccc2Cl)nc1NC1CCCC1. The fourth-order valence-electron chi connectivity index (χ4n) is 3.05. The highest BCUT2D eigenvalue weighted by Crippen LogP contribution is 2.25. The van der Waals surface area contributed by atoms with Gasteiger partial charge >= 0.3 is 5.97 Å². The molecule has 1 aliphatic rings. The van der Waals surface area contributed by atoms with Crippen LogP contribution in [0.3, 0.4) is 0 Å². The number of nitrogens with zero attached hydrogens (tertiary/aromatic N) is 2. The molecule has 0 aliphatic heterocycles. The molecule has 1 saturated carbocycles. The van der Waals surface area contributed by atoms with Crippen molar-refractivity contribution in [1.82, 2.24) is 9.97 Å². The van der Waals surface area contributed by atoms with Gasteiger partial charge in [0, 0.05) is 28.8 Å². The van der Waals surface area contributed by atoms with Crippen molar-refractivity contribution in [2.45, 2.75) is 45.2 Å². The summed E-state index contributed by atoms with van der Waals surface area (Å²) in [7, 11) is 0. The molecular formula is C19H22Cl2N4O2. The summed E-state index contributed by atoms with van der Waals surface area (Å²) in [6.07, 6.45) is 5.97. The van der Waals surface area contributed by atoms with Crippen LogP contribution in [0.25, 0.3) is 0 Å². The monoisotopic (exact) mass is 408 g/mol. The van der Waals surface area contributed by atoms with E-state index in [1.807, 2.05) is 0 Å². The molecule has 6 nitrogen and oxygen atoms in total. The standard InChI is InChI=1S/C19H22Cl2N4O2/c1-2-27-18(26)15-11-23-19(25-17(15)24-14-5-3-4-6-14)22-10-12-9-13(20)7-8-16(12)21/h7-9,11,14H,2-6,10H2,1H3,(H2,22,23,24,25). The molecule has 0 atom stereocenters. The fourth-order valence-corrected chi connectivity index (χ4v) is 3.43. The zero-order valence-electron chi connectivity index (χ0n) is 15.1. The summed E-state index contributed by atoms with van der Waals surface area (Å²) in [6.45, 7) is 2.49. The van der Waals surface area contributed by atoms with E-state index in [0.717, 1.165) is 18.4 Å². The number of ether oxygens (including phenoxy) is 1. The maximum atomic E-state index is 12.2. The predicted octanol–water partition coefficient (Wildman–Crippen LogP) is 4.93. The highest BCUT2D eigenvalue weighted by molar-refractivity contribution is 6.33. The maximum absolute atomic E-state index is 12.2. The van der Waals surface area contributed by atoms with Crippen molar-refractivity contribution in [3.05, 3.63) is 45.6 Å². The first-order valence-electron chi connectivity index (χ1n) is 9.05. The Labute approximate surface area is 168 Å². The quantitative estimate of drug-likeness (QED) is 0.632. The molecule has 8 heteroatoms. The number of halogens is 2. The van der Waals surface area contributed by atoms with Crippen molar-refractivity contribution in [3.63, 3.8) is 0 Å². The number of rotatable bonds is 7. The van der Waals surface area contributed by atoms with Gasteiger partial charge in [-0.15, -0.1) is 0 Å². The van der Waals surface area contributed by atoms with E-state index in [9.17, 15) is 4.79 Å². The van der Waals surface area contributed by atoms with Crippen molar-refractivity contribution in [2.24, 2.45) is 0 Å². The molecule has 0 bridgehead atoms. The molecule has 2 N–H and O–H groups in total.